The van der Waals surface area contributed by atoms with Gasteiger partial charge in [0, 0.05) is 26.2 Å². The average Bonchev–Trinajstić information content (AvgIpc) is 3.20. The minimum Gasteiger partial charge on any atom is -0.488 e. The molecule has 0 N–H and O–H groups in total. The van der Waals surface area contributed by atoms with E-state index in [9.17, 15) is 13.2 Å². The van der Waals surface area contributed by atoms with Crippen molar-refractivity contribution in [2.24, 2.45) is 0 Å². The number of carbonyl (C=O) groups excluding carboxylic acids is 1. The lowest BCUT2D eigenvalue weighted by Gasteiger charge is -2.33. The third-order valence-corrected chi connectivity index (χ3v) is 8.21. The first-order valence-electron chi connectivity index (χ1n) is 11.2. The highest BCUT2D eigenvalue weighted by Crippen LogP contribution is 2.25. The summed E-state index contributed by atoms with van der Waals surface area (Å²) in [7, 11) is -3.60. The molecule has 2 aromatic carbocycles. The van der Waals surface area contributed by atoms with Crippen LogP contribution >= 0.6 is 0 Å². The van der Waals surface area contributed by atoms with E-state index in [0.29, 0.717) is 11.3 Å². The molecule has 1 aliphatic rings. The fourth-order valence-electron chi connectivity index (χ4n) is 3.90. The molecule has 1 aromatic heterocycles. The Labute approximate surface area is 200 Å². The van der Waals surface area contributed by atoms with Gasteiger partial charge in [0.05, 0.1) is 10.5 Å². The topological polar surface area (TPSA) is 93.0 Å². The van der Waals surface area contributed by atoms with Crippen LogP contribution in [0.3, 0.4) is 0 Å². The number of hydrogen-bond donors (Lipinski definition) is 0. The zero-order valence-electron chi connectivity index (χ0n) is 19.9. The zero-order chi connectivity index (χ0) is 24.5. The Morgan fingerprint density at radius 1 is 1.00 bits per heavy atom. The molecule has 1 fully saturated rings. The zero-order valence-corrected chi connectivity index (χ0v) is 20.7. The lowest BCUT2D eigenvalue weighted by atomic mass is 10.1. The molecule has 0 bridgehead atoms. The molecule has 0 aliphatic carbocycles. The van der Waals surface area contributed by atoms with E-state index in [2.05, 4.69) is 5.16 Å². The maximum atomic E-state index is 13.2. The molecular weight excluding hydrogens is 454 g/mol. The average molecular weight is 484 g/mol. The molecule has 0 saturated carbocycles. The second kappa shape index (κ2) is 9.60. The lowest BCUT2D eigenvalue weighted by Crippen LogP contribution is -2.50. The number of amides is 1. The van der Waals surface area contributed by atoms with E-state index in [1.807, 2.05) is 39.0 Å². The van der Waals surface area contributed by atoms with Gasteiger partial charge in [0.25, 0.3) is 5.91 Å². The van der Waals surface area contributed by atoms with E-state index in [0.717, 1.165) is 22.4 Å². The Morgan fingerprint density at radius 2 is 1.68 bits per heavy atom. The van der Waals surface area contributed by atoms with Gasteiger partial charge in [0.2, 0.25) is 10.0 Å². The second-order valence-corrected chi connectivity index (χ2v) is 10.5. The standard InChI is InChI=1S/C25H29N3O5S/c1-17-8-10-21(11-9-17)34(30,31)28-14-12-27(13-15-28)25(29)24-22(20(4)33-26-24)16-32-23-7-5-6-18(2)19(23)3/h5-11H,12-16H2,1-4H3. The summed E-state index contributed by atoms with van der Waals surface area (Å²) >= 11 is 0. The summed E-state index contributed by atoms with van der Waals surface area (Å²) in [5.41, 5.74) is 3.96. The molecule has 0 atom stereocenters. The van der Waals surface area contributed by atoms with E-state index in [4.69, 9.17) is 9.26 Å². The van der Waals surface area contributed by atoms with Gasteiger partial charge >= 0.3 is 0 Å². The van der Waals surface area contributed by atoms with Gasteiger partial charge in [-0.3, -0.25) is 4.79 Å². The smallest absolute Gasteiger partial charge is 0.276 e. The van der Waals surface area contributed by atoms with Crippen LogP contribution in [0.1, 0.15) is 38.5 Å². The number of ether oxygens (including phenoxy) is 1. The molecule has 0 radical (unpaired) electrons. The van der Waals surface area contributed by atoms with Crippen molar-refractivity contribution >= 4 is 15.9 Å². The summed E-state index contributed by atoms with van der Waals surface area (Å²) in [6.45, 7) is 8.79. The number of aryl methyl sites for hydroxylation is 3. The van der Waals surface area contributed by atoms with Crippen LogP contribution in [0, 0.1) is 27.7 Å². The molecule has 180 valence electrons. The molecule has 9 heteroatoms. The molecule has 34 heavy (non-hydrogen) atoms. The van der Waals surface area contributed by atoms with Crippen LogP contribution in [0.25, 0.3) is 0 Å². The Morgan fingerprint density at radius 3 is 2.35 bits per heavy atom. The quantitative estimate of drug-likeness (QED) is 0.532. The van der Waals surface area contributed by atoms with Crippen molar-refractivity contribution in [1.82, 2.24) is 14.4 Å². The van der Waals surface area contributed by atoms with Crippen LogP contribution in [-0.4, -0.2) is 54.9 Å². The van der Waals surface area contributed by atoms with Gasteiger partial charge in [-0.15, -0.1) is 0 Å². The van der Waals surface area contributed by atoms with Crippen molar-refractivity contribution in [1.29, 1.82) is 0 Å². The van der Waals surface area contributed by atoms with Crippen LogP contribution in [0.15, 0.2) is 51.9 Å². The summed E-state index contributed by atoms with van der Waals surface area (Å²) in [4.78, 5) is 15.1. The Balaban J connectivity index is 1.44. The van der Waals surface area contributed by atoms with Gasteiger partial charge in [0.15, 0.2) is 5.69 Å². The van der Waals surface area contributed by atoms with Crippen molar-refractivity contribution in [2.45, 2.75) is 39.2 Å². The molecule has 8 nitrogen and oxygen atoms in total. The van der Waals surface area contributed by atoms with Crippen molar-refractivity contribution in [2.75, 3.05) is 26.2 Å². The van der Waals surface area contributed by atoms with Gasteiger partial charge in [-0.05, 0) is 57.0 Å². The highest BCUT2D eigenvalue weighted by atomic mass is 32.2. The number of piperazine rings is 1. The molecule has 3 aromatic rings. The van der Waals surface area contributed by atoms with Crippen LogP contribution in [0.2, 0.25) is 0 Å². The minimum atomic E-state index is -3.60. The molecule has 2 heterocycles. The monoisotopic (exact) mass is 483 g/mol. The number of benzene rings is 2. The first-order valence-corrected chi connectivity index (χ1v) is 12.6. The van der Waals surface area contributed by atoms with E-state index >= 15 is 0 Å². The minimum absolute atomic E-state index is 0.155. The highest BCUT2D eigenvalue weighted by Gasteiger charge is 2.32. The largest absolute Gasteiger partial charge is 0.488 e. The third kappa shape index (κ3) is 4.71. The summed E-state index contributed by atoms with van der Waals surface area (Å²) in [6.07, 6.45) is 0. The molecular formula is C25H29N3O5S. The number of aromatic nitrogens is 1. The summed E-state index contributed by atoms with van der Waals surface area (Å²) in [5.74, 6) is 0.979. The molecule has 0 spiro atoms. The first kappa shape index (κ1) is 24.0. The molecule has 1 aliphatic heterocycles. The number of hydrogen-bond acceptors (Lipinski definition) is 6. The third-order valence-electron chi connectivity index (χ3n) is 6.30. The Bertz CT molecular complexity index is 1290. The van der Waals surface area contributed by atoms with E-state index in [-0.39, 0.29) is 49.3 Å². The number of rotatable bonds is 6. The number of sulfonamides is 1. The predicted molar refractivity (Wildman–Crippen MR) is 127 cm³/mol. The van der Waals surface area contributed by atoms with Gasteiger partial charge in [-0.1, -0.05) is 35.0 Å². The molecule has 1 saturated heterocycles. The molecule has 0 unspecified atom stereocenters. The van der Waals surface area contributed by atoms with Gasteiger partial charge < -0.3 is 14.2 Å². The van der Waals surface area contributed by atoms with Crippen molar-refractivity contribution in [3.8, 4) is 5.75 Å². The summed E-state index contributed by atoms with van der Waals surface area (Å²) in [6, 6.07) is 12.6. The van der Waals surface area contributed by atoms with E-state index in [1.54, 1.807) is 36.1 Å². The highest BCUT2D eigenvalue weighted by molar-refractivity contribution is 7.89. The Hall–Kier alpha value is -3.17. The van der Waals surface area contributed by atoms with Crippen LogP contribution in [0.5, 0.6) is 5.75 Å². The van der Waals surface area contributed by atoms with Crippen LogP contribution in [-0.2, 0) is 16.6 Å². The summed E-state index contributed by atoms with van der Waals surface area (Å²) in [5, 5.41) is 3.99. The predicted octanol–water partition coefficient (Wildman–Crippen LogP) is 3.63. The fourth-order valence-corrected chi connectivity index (χ4v) is 5.32. The van der Waals surface area contributed by atoms with Gasteiger partial charge in [0.1, 0.15) is 18.1 Å². The maximum Gasteiger partial charge on any atom is 0.276 e. The van der Waals surface area contributed by atoms with Gasteiger partial charge in [-0.2, -0.15) is 4.31 Å². The van der Waals surface area contributed by atoms with E-state index < -0.39 is 10.0 Å². The first-order chi connectivity index (χ1) is 16.2. The van der Waals surface area contributed by atoms with Crippen LogP contribution < -0.4 is 4.74 Å². The van der Waals surface area contributed by atoms with Gasteiger partial charge in [-0.25, -0.2) is 8.42 Å². The van der Waals surface area contributed by atoms with E-state index in [1.165, 1.54) is 4.31 Å². The van der Waals surface area contributed by atoms with Crippen molar-refractivity contribution in [3.63, 3.8) is 0 Å². The summed E-state index contributed by atoms with van der Waals surface area (Å²) < 4.78 is 38.6. The fraction of sp³-hybridized carbons (Fsp3) is 0.360. The second-order valence-electron chi connectivity index (χ2n) is 8.56. The normalized spacial score (nSPS) is 14.9. The van der Waals surface area contributed by atoms with Crippen LogP contribution in [0.4, 0.5) is 0 Å². The molecule has 4 rings (SSSR count). The maximum absolute atomic E-state index is 13.2. The Kier molecular flexibility index (Phi) is 6.77. The molecule has 1 amide bonds. The SMILES string of the molecule is Cc1ccc(S(=O)(=O)N2CCN(C(=O)c3noc(C)c3COc3cccc(C)c3C)CC2)cc1. The lowest BCUT2D eigenvalue weighted by molar-refractivity contribution is 0.0685. The van der Waals surface area contributed by atoms with Crippen molar-refractivity contribution < 1.29 is 22.5 Å². The number of carbonyl (C=O) groups is 1. The van der Waals surface area contributed by atoms with Crippen molar-refractivity contribution in [3.05, 3.63) is 76.2 Å². The number of nitrogens with zero attached hydrogens (tertiary/aromatic N) is 3.